The zero-order chi connectivity index (χ0) is 15.4. The van der Waals surface area contributed by atoms with Crippen LogP contribution in [0.1, 0.15) is 32.4 Å². The van der Waals surface area contributed by atoms with Crippen LogP contribution in [0.3, 0.4) is 0 Å². The Morgan fingerprint density at radius 3 is 2.23 bits per heavy atom. The summed E-state index contributed by atoms with van der Waals surface area (Å²) >= 11 is 0. The highest BCUT2D eigenvalue weighted by Crippen LogP contribution is 2.45. The molecule has 0 aliphatic carbocycles. The third-order valence-corrected chi connectivity index (χ3v) is 4.20. The van der Waals surface area contributed by atoms with Crippen LogP contribution in [0.25, 0.3) is 0 Å². The molecule has 0 spiro atoms. The van der Waals surface area contributed by atoms with Gasteiger partial charge >= 0.3 is 0 Å². The predicted octanol–water partition coefficient (Wildman–Crippen LogP) is 2.28. The minimum atomic E-state index is -0.416. The number of anilines is 1. The number of benzene rings is 2. The Kier molecular flexibility index (Phi) is 2.62. The Morgan fingerprint density at radius 2 is 1.50 bits per heavy atom. The highest BCUT2D eigenvalue weighted by atomic mass is 16.2. The molecule has 2 heterocycles. The molecule has 5 nitrogen and oxygen atoms in total. The normalized spacial score (nSPS) is 19.3. The summed E-state index contributed by atoms with van der Waals surface area (Å²) in [6, 6.07) is 14.7. The van der Waals surface area contributed by atoms with Gasteiger partial charge in [-0.15, -0.1) is 0 Å². The van der Waals surface area contributed by atoms with E-state index in [1.807, 2.05) is 56.6 Å². The van der Waals surface area contributed by atoms with Crippen molar-refractivity contribution in [2.24, 2.45) is 0 Å². The highest BCUT2D eigenvalue weighted by Gasteiger charge is 2.48. The third-order valence-electron chi connectivity index (χ3n) is 4.20. The van der Waals surface area contributed by atoms with Crippen LogP contribution in [-0.4, -0.2) is 35.9 Å². The molecular formula is C17H15N3O2. The van der Waals surface area contributed by atoms with Crippen LogP contribution in [0.15, 0.2) is 48.5 Å². The summed E-state index contributed by atoms with van der Waals surface area (Å²) in [5.41, 5.74) is 2.75. The zero-order valence-electron chi connectivity index (χ0n) is 12.4. The van der Waals surface area contributed by atoms with Gasteiger partial charge in [-0.2, -0.15) is 0 Å². The standard InChI is InChI=1S/C17H15N3O2/c1-18(2)20-15-11-7-3-4-8-12(11)16(21)19(15)14-10-6-5-9-13(14)17(20)22/h3-10,15H,1-2H3/t15-/m1/s1. The first kappa shape index (κ1) is 13.0. The van der Waals surface area contributed by atoms with Gasteiger partial charge < -0.3 is 0 Å². The van der Waals surface area contributed by atoms with Gasteiger partial charge in [0, 0.05) is 25.2 Å². The summed E-state index contributed by atoms with van der Waals surface area (Å²) in [4.78, 5) is 27.4. The van der Waals surface area contributed by atoms with E-state index in [1.165, 1.54) is 0 Å². The molecule has 2 aromatic carbocycles. The molecule has 22 heavy (non-hydrogen) atoms. The minimum absolute atomic E-state index is 0.0626. The van der Waals surface area contributed by atoms with Crippen LogP contribution in [-0.2, 0) is 0 Å². The average Bonchev–Trinajstić information content (AvgIpc) is 2.81. The lowest BCUT2D eigenvalue weighted by molar-refractivity contribution is -0.00708. The molecule has 0 unspecified atom stereocenters. The van der Waals surface area contributed by atoms with Crippen molar-refractivity contribution >= 4 is 17.5 Å². The van der Waals surface area contributed by atoms with Crippen LogP contribution >= 0.6 is 0 Å². The Morgan fingerprint density at radius 1 is 0.864 bits per heavy atom. The number of nitrogens with zero attached hydrogens (tertiary/aromatic N) is 3. The second-order valence-corrected chi connectivity index (χ2v) is 5.65. The number of hydrogen-bond donors (Lipinski definition) is 0. The molecule has 1 atom stereocenters. The Balaban J connectivity index is 2.01. The number of hydrazine groups is 1. The molecule has 0 N–H and O–H groups in total. The van der Waals surface area contributed by atoms with Gasteiger partial charge in [-0.05, 0) is 18.2 Å². The van der Waals surface area contributed by atoms with Crippen molar-refractivity contribution in [2.75, 3.05) is 19.0 Å². The zero-order valence-corrected chi connectivity index (χ0v) is 12.4. The maximum atomic E-state index is 12.9. The van der Waals surface area contributed by atoms with E-state index in [4.69, 9.17) is 0 Å². The van der Waals surface area contributed by atoms with E-state index >= 15 is 0 Å². The molecule has 5 heteroatoms. The second-order valence-electron chi connectivity index (χ2n) is 5.65. The van der Waals surface area contributed by atoms with Crippen molar-refractivity contribution in [3.05, 3.63) is 65.2 Å². The van der Waals surface area contributed by atoms with Crippen LogP contribution in [0.2, 0.25) is 0 Å². The summed E-state index contributed by atoms with van der Waals surface area (Å²) < 4.78 is 0. The molecule has 0 bridgehead atoms. The van der Waals surface area contributed by atoms with Gasteiger partial charge in [0.25, 0.3) is 11.8 Å². The van der Waals surface area contributed by atoms with Crippen molar-refractivity contribution in [1.82, 2.24) is 10.0 Å². The van der Waals surface area contributed by atoms with Gasteiger partial charge in [0.05, 0.1) is 11.3 Å². The number of hydrogen-bond acceptors (Lipinski definition) is 3. The number of carbonyl (C=O) groups excluding carboxylic acids is 2. The predicted molar refractivity (Wildman–Crippen MR) is 82.3 cm³/mol. The largest absolute Gasteiger partial charge is 0.281 e. The average molecular weight is 293 g/mol. The van der Waals surface area contributed by atoms with Crippen molar-refractivity contribution in [1.29, 1.82) is 0 Å². The molecule has 0 radical (unpaired) electrons. The Bertz CT molecular complexity index is 800. The number of para-hydroxylation sites is 1. The summed E-state index contributed by atoms with van der Waals surface area (Å²) in [5.74, 6) is -0.154. The molecule has 0 saturated heterocycles. The van der Waals surface area contributed by atoms with Gasteiger partial charge in [0.15, 0.2) is 6.17 Å². The number of carbonyl (C=O) groups is 2. The summed E-state index contributed by atoms with van der Waals surface area (Å²) in [7, 11) is 3.63. The van der Waals surface area contributed by atoms with Gasteiger partial charge in [0.2, 0.25) is 0 Å². The van der Waals surface area contributed by atoms with Crippen LogP contribution in [0.5, 0.6) is 0 Å². The molecule has 0 saturated carbocycles. The molecule has 110 valence electrons. The molecule has 2 aromatic rings. The van der Waals surface area contributed by atoms with Gasteiger partial charge in [0.1, 0.15) is 0 Å². The molecule has 0 aromatic heterocycles. The van der Waals surface area contributed by atoms with E-state index in [0.717, 1.165) is 5.56 Å². The SMILES string of the molecule is CN(C)N1C(=O)c2ccccc2N2C(=O)c3ccccc3[C@H]21. The number of fused-ring (bicyclic) bond motifs is 5. The first-order valence-electron chi connectivity index (χ1n) is 7.13. The van der Waals surface area contributed by atoms with Crippen molar-refractivity contribution in [3.8, 4) is 0 Å². The smallest absolute Gasteiger partial charge is 0.272 e. The van der Waals surface area contributed by atoms with E-state index < -0.39 is 6.17 Å². The van der Waals surface area contributed by atoms with Crippen molar-refractivity contribution in [3.63, 3.8) is 0 Å². The van der Waals surface area contributed by atoms with E-state index in [1.54, 1.807) is 21.0 Å². The lowest BCUT2D eigenvalue weighted by Gasteiger charge is -2.43. The minimum Gasteiger partial charge on any atom is -0.281 e. The van der Waals surface area contributed by atoms with Crippen LogP contribution in [0, 0.1) is 0 Å². The maximum Gasteiger partial charge on any atom is 0.272 e. The first-order valence-corrected chi connectivity index (χ1v) is 7.13. The molecule has 2 amide bonds. The monoisotopic (exact) mass is 293 g/mol. The molecule has 4 rings (SSSR count). The van der Waals surface area contributed by atoms with Gasteiger partial charge in [-0.3, -0.25) is 14.5 Å². The van der Waals surface area contributed by atoms with E-state index in [2.05, 4.69) is 0 Å². The van der Waals surface area contributed by atoms with E-state index in [-0.39, 0.29) is 11.8 Å². The lowest BCUT2D eigenvalue weighted by Crippen LogP contribution is -2.53. The van der Waals surface area contributed by atoms with E-state index in [9.17, 15) is 9.59 Å². The van der Waals surface area contributed by atoms with Crippen LogP contribution in [0.4, 0.5) is 5.69 Å². The number of amides is 2. The Labute approximate surface area is 128 Å². The fourth-order valence-electron chi connectivity index (χ4n) is 3.28. The van der Waals surface area contributed by atoms with Crippen molar-refractivity contribution < 1.29 is 9.59 Å². The molecule has 2 aliphatic heterocycles. The molecule has 0 fully saturated rings. The van der Waals surface area contributed by atoms with Gasteiger partial charge in [-0.1, -0.05) is 30.3 Å². The van der Waals surface area contributed by atoms with E-state index in [0.29, 0.717) is 16.8 Å². The lowest BCUT2D eigenvalue weighted by atomic mass is 10.0. The fraction of sp³-hybridized carbons (Fsp3) is 0.176. The Hall–Kier alpha value is -2.66. The quantitative estimate of drug-likeness (QED) is 0.810. The van der Waals surface area contributed by atoms with Crippen molar-refractivity contribution in [2.45, 2.75) is 6.17 Å². The summed E-state index contributed by atoms with van der Waals surface area (Å²) in [6.07, 6.45) is -0.416. The van der Waals surface area contributed by atoms with Crippen LogP contribution < -0.4 is 4.90 Å². The summed E-state index contributed by atoms with van der Waals surface area (Å²) in [6.45, 7) is 0. The van der Waals surface area contributed by atoms with Gasteiger partial charge in [-0.25, -0.2) is 10.0 Å². The topological polar surface area (TPSA) is 43.9 Å². The molecular weight excluding hydrogens is 278 g/mol. The second kappa shape index (κ2) is 4.42. The third kappa shape index (κ3) is 1.51. The number of rotatable bonds is 1. The first-order chi connectivity index (χ1) is 10.6. The fourth-order valence-corrected chi connectivity index (χ4v) is 3.28. The molecule has 2 aliphatic rings. The highest BCUT2D eigenvalue weighted by molar-refractivity contribution is 6.16. The summed E-state index contributed by atoms with van der Waals surface area (Å²) in [5, 5.41) is 3.37. The maximum absolute atomic E-state index is 12.9.